The Balaban J connectivity index is 1.86. The molecule has 1 heterocycles. The molecule has 0 radical (unpaired) electrons. The third-order valence-electron chi connectivity index (χ3n) is 2.92. The number of nitrogens with two attached hydrogens (primary N) is 1. The van der Waals surface area contributed by atoms with Gasteiger partial charge in [-0.1, -0.05) is 12.1 Å². The van der Waals surface area contributed by atoms with Crippen LogP contribution in [0.25, 0.3) is 0 Å². The van der Waals surface area contributed by atoms with Crippen LogP contribution in [-0.4, -0.2) is 25.4 Å². The van der Waals surface area contributed by atoms with E-state index >= 15 is 0 Å². The third-order valence-corrected chi connectivity index (χ3v) is 2.92. The van der Waals surface area contributed by atoms with Crippen molar-refractivity contribution in [2.75, 3.05) is 13.2 Å². The van der Waals surface area contributed by atoms with E-state index < -0.39 is 0 Å². The lowest BCUT2D eigenvalue weighted by molar-refractivity contribution is 0.0679. The highest BCUT2D eigenvalue weighted by atomic mass is 16.5. The Kier molecular flexibility index (Phi) is 4.40. The Morgan fingerprint density at radius 1 is 1.53 bits per heavy atom. The molecule has 0 amide bonds. The summed E-state index contributed by atoms with van der Waals surface area (Å²) in [6.45, 7) is 3.54. The highest BCUT2D eigenvalue weighted by Crippen LogP contribution is 2.17. The maximum Gasteiger partial charge on any atom is 0.119 e. The van der Waals surface area contributed by atoms with Crippen molar-refractivity contribution in [3.63, 3.8) is 0 Å². The third kappa shape index (κ3) is 4.02. The summed E-state index contributed by atoms with van der Waals surface area (Å²) in [5.74, 6) is 0.915. The predicted octanol–water partition coefficient (Wildman–Crippen LogP) is 2.13. The van der Waals surface area contributed by atoms with Crippen LogP contribution in [0.3, 0.4) is 0 Å². The van der Waals surface area contributed by atoms with Gasteiger partial charge >= 0.3 is 0 Å². The zero-order chi connectivity index (χ0) is 12.1. The molecule has 1 aliphatic heterocycles. The number of ether oxygens (including phenoxy) is 2. The van der Waals surface area contributed by atoms with Gasteiger partial charge in [0.25, 0.3) is 0 Å². The van der Waals surface area contributed by atoms with Gasteiger partial charge in [0.15, 0.2) is 0 Å². The summed E-state index contributed by atoms with van der Waals surface area (Å²) in [5, 5.41) is 0. The lowest BCUT2D eigenvalue weighted by Gasteiger charge is -2.12. The second kappa shape index (κ2) is 6.03. The molecule has 2 rings (SSSR count). The van der Waals surface area contributed by atoms with Crippen molar-refractivity contribution in [3.8, 4) is 5.75 Å². The minimum Gasteiger partial charge on any atom is -0.491 e. The second-order valence-electron chi connectivity index (χ2n) is 4.77. The van der Waals surface area contributed by atoms with Gasteiger partial charge in [-0.15, -0.1) is 0 Å². The average molecular weight is 235 g/mol. The van der Waals surface area contributed by atoms with Crippen LogP contribution >= 0.6 is 0 Å². The van der Waals surface area contributed by atoms with Crippen LogP contribution in [0, 0.1) is 0 Å². The van der Waals surface area contributed by atoms with Crippen molar-refractivity contribution in [2.45, 2.75) is 38.3 Å². The fourth-order valence-electron chi connectivity index (χ4n) is 2.10. The lowest BCUT2D eigenvalue weighted by Crippen LogP contribution is -2.18. The molecule has 2 unspecified atom stereocenters. The smallest absolute Gasteiger partial charge is 0.119 e. The zero-order valence-electron chi connectivity index (χ0n) is 10.4. The molecule has 94 valence electrons. The van der Waals surface area contributed by atoms with Gasteiger partial charge in [0.1, 0.15) is 12.4 Å². The molecule has 1 aliphatic rings. The van der Waals surface area contributed by atoms with E-state index in [0.717, 1.165) is 31.6 Å². The molecular formula is C14H21NO2. The molecule has 1 saturated heterocycles. The van der Waals surface area contributed by atoms with Gasteiger partial charge in [-0.2, -0.15) is 0 Å². The standard InChI is InChI=1S/C14H21NO2/c1-11(15)8-12-4-2-5-13(9-12)17-10-14-6-3-7-16-14/h2,4-5,9,11,14H,3,6-8,10,15H2,1H3. The Morgan fingerprint density at radius 2 is 2.41 bits per heavy atom. The fraction of sp³-hybridized carbons (Fsp3) is 0.571. The summed E-state index contributed by atoms with van der Waals surface area (Å²) in [6, 6.07) is 8.34. The van der Waals surface area contributed by atoms with E-state index in [2.05, 4.69) is 12.1 Å². The Labute approximate surface area is 103 Å². The molecule has 1 aromatic rings. The van der Waals surface area contributed by atoms with Gasteiger partial charge in [0.2, 0.25) is 0 Å². The van der Waals surface area contributed by atoms with Gasteiger partial charge in [-0.25, -0.2) is 0 Å². The maximum absolute atomic E-state index is 5.79. The van der Waals surface area contributed by atoms with E-state index in [1.807, 2.05) is 19.1 Å². The number of hydrogen-bond donors (Lipinski definition) is 1. The molecular weight excluding hydrogens is 214 g/mol. The molecule has 1 aromatic carbocycles. The zero-order valence-corrected chi connectivity index (χ0v) is 10.4. The van der Waals surface area contributed by atoms with E-state index in [9.17, 15) is 0 Å². The Hall–Kier alpha value is -1.06. The number of benzene rings is 1. The average Bonchev–Trinajstić information content (AvgIpc) is 2.79. The monoisotopic (exact) mass is 235 g/mol. The largest absolute Gasteiger partial charge is 0.491 e. The molecule has 0 saturated carbocycles. The van der Waals surface area contributed by atoms with Crippen molar-refractivity contribution in [3.05, 3.63) is 29.8 Å². The van der Waals surface area contributed by atoms with E-state index in [1.54, 1.807) is 0 Å². The highest BCUT2D eigenvalue weighted by molar-refractivity contribution is 5.29. The fourth-order valence-corrected chi connectivity index (χ4v) is 2.10. The lowest BCUT2D eigenvalue weighted by atomic mass is 10.1. The van der Waals surface area contributed by atoms with Crippen molar-refractivity contribution < 1.29 is 9.47 Å². The van der Waals surface area contributed by atoms with Gasteiger partial charge in [0, 0.05) is 12.6 Å². The van der Waals surface area contributed by atoms with Gasteiger partial charge < -0.3 is 15.2 Å². The molecule has 2 N–H and O–H groups in total. The van der Waals surface area contributed by atoms with Crippen LogP contribution in [0.1, 0.15) is 25.3 Å². The van der Waals surface area contributed by atoms with Crippen LogP contribution in [-0.2, 0) is 11.2 Å². The van der Waals surface area contributed by atoms with Crippen molar-refractivity contribution in [1.29, 1.82) is 0 Å². The Bertz CT molecular complexity index is 346. The summed E-state index contributed by atoms with van der Waals surface area (Å²) >= 11 is 0. The number of hydrogen-bond acceptors (Lipinski definition) is 3. The maximum atomic E-state index is 5.79. The van der Waals surface area contributed by atoms with E-state index in [0.29, 0.717) is 6.61 Å². The second-order valence-corrected chi connectivity index (χ2v) is 4.77. The molecule has 17 heavy (non-hydrogen) atoms. The van der Waals surface area contributed by atoms with E-state index in [4.69, 9.17) is 15.2 Å². The SMILES string of the molecule is CC(N)Cc1cccc(OCC2CCCO2)c1. The summed E-state index contributed by atoms with van der Waals surface area (Å²) in [4.78, 5) is 0. The summed E-state index contributed by atoms with van der Waals surface area (Å²) in [5.41, 5.74) is 7.01. The molecule has 0 spiro atoms. The molecule has 0 bridgehead atoms. The van der Waals surface area contributed by atoms with Crippen LogP contribution in [0.5, 0.6) is 5.75 Å². The van der Waals surface area contributed by atoms with E-state index in [-0.39, 0.29) is 12.1 Å². The molecule has 2 atom stereocenters. The first-order valence-corrected chi connectivity index (χ1v) is 6.33. The Morgan fingerprint density at radius 3 is 3.12 bits per heavy atom. The first kappa shape index (κ1) is 12.4. The summed E-state index contributed by atoms with van der Waals surface area (Å²) in [6.07, 6.45) is 3.42. The van der Waals surface area contributed by atoms with Crippen molar-refractivity contribution >= 4 is 0 Å². The van der Waals surface area contributed by atoms with Crippen LogP contribution in [0.2, 0.25) is 0 Å². The van der Waals surface area contributed by atoms with Crippen LogP contribution < -0.4 is 10.5 Å². The molecule has 1 fully saturated rings. The normalized spacial score (nSPS) is 21.4. The van der Waals surface area contributed by atoms with Crippen LogP contribution in [0.4, 0.5) is 0 Å². The minimum absolute atomic E-state index is 0.184. The minimum atomic E-state index is 0.184. The van der Waals surface area contributed by atoms with E-state index in [1.165, 1.54) is 5.56 Å². The molecule has 0 aliphatic carbocycles. The summed E-state index contributed by atoms with van der Waals surface area (Å²) in [7, 11) is 0. The highest BCUT2D eigenvalue weighted by Gasteiger charge is 2.15. The first-order chi connectivity index (χ1) is 8.24. The van der Waals surface area contributed by atoms with Gasteiger partial charge in [-0.05, 0) is 43.9 Å². The number of rotatable bonds is 5. The van der Waals surface area contributed by atoms with Gasteiger partial charge in [-0.3, -0.25) is 0 Å². The predicted molar refractivity (Wildman–Crippen MR) is 68.3 cm³/mol. The molecule has 3 nitrogen and oxygen atoms in total. The van der Waals surface area contributed by atoms with Gasteiger partial charge in [0.05, 0.1) is 6.10 Å². The molecule has 3 heteroatoms. The van der Waals surface area contributed by atoms with Crippen molar-refractivity contribution in [1.82, 2.24) is 0 Å². The topological polar surface area (TPSA) is 44.5 Å². The quantitative estimate of drug-likeness (QED) is 0.850. The summed E-state index contributed by atoms with van der Waals surface area (Å²) < 4.78 is 11.3. The molecule has 0 aromatic heterocycles. The first-order valence-electron chi connectivity index (χ1n) is 6.33. The van der Waals surface area contributed by atoms with Crippen molar-refractivity contribution in [2.24, 2.45) is 5.73 Å². The van der Waals surface area contributed by atoms with Crippen LogP contribution in [0.15, 0.2) is 24.3 Å².